The monoisotopic (exact) mass is 398 g/mol. The third-order valence-corrected chi connectivity index (χ3v) is 6.23. The van der Waals surface area contributed by atoms with Gasteiger partial charge in [0.2, 0.25) is 5.91 Å². The first kappa shape index (κ1) is 20.6. The molecule has 2 heterocycles. The molecule has 1 atom stereocenters. The lowest BCUT2D eigenvalue weighted by Crippen LogP contribution is -2.43. The Morgan fingerprint density at radius 2 is 1.79 bits per heavy atom. The van der Waals surface area contributed by atoms with Gasteiger partial charge in [-0.25, -0.2) is 0 Å². The minimum absolute atomic E-state index is 0.00798. The molecule has 1 fully saturated rings. The number of carbonyl (C=O) groups excluding carboxylic acids is 2. The summed E-state index contributed by atoms with van der Waals surface area (Å²) in [6.07, 6.45) is 2.52. The SMILES string of the molecule is CC(C)Cc1ccc(C(C)NC(=O)C2CCN(C(=O)c3cccs3)CC2)cc1. The quantitative estimate of drug-likeness (QED) is 0.768. The Morgan fingerprint density at radius 3 is 2.36 bits per heavy atom. The van der Waals surface area contributed by atoms with E-state index < -0.39 is 0 Å². The van der Waals surface area contributed by atoms with E-state index in [4.69, 9.17) is 0 Å². The smallest absolute Gasteiger partial charge is 0.263 e. The van der Waals surface area contributed by atoms with Crippen LogP contribution in [-0.4, -0.2) is 29.8 Å². The second kappa shape index (κ2) is 9.37. The molecule has 0 aliphatic carbocycles. The number of thiophene rings is 1. The Kier molecular flexibility index (Phi) is 6.89. The maximum Gasteiger partial charge on any atom is 0.263 e. The molecule has 4 nitrogen and oxygen atoms in total. The van der Waals surface area contributed by atoms with Crippen molar-refractivity contribution in [2.75, 3.05) is 13.1 Å². The molecule has 5 heteroatoms. The van der Waals surface area contributed by atoms with Crippen LogP contribution < -0.4 is 5.32 Å². The van der Waals surface area contributed by atoms with Crippen LogP contribution in [0.1, 0.15) is 60.5 Å². The number of carbonyl (C=O) groups is 2. The summed E-state index contributed by atoms with van der Waals surface area (Å²) in [5, 5.41) is 5.08. The normalized spacial score (nSPS) is 16.2. The van der Waals surface area contributed by atoms with E-state index in [-0.39, 0.29) is 23.8 Å². The first-order valence-corrected chi connectivity index (χ1v) is 11.0. The molecule has 0 radical (unpaired) electrons. The van der Waals surface area contributed by atoms with Gasteiger partial charge in [-0.15, -0.1) is 11.3 Å². The van der Waals surface area contributed by atoms with Crippen LogP contribution in [0.2, 0.25) is 0 Å². The summed E-state index contributed by atoms with van der Waals surface area (Å²) in [5.74, 6) is 0.807. The Bertz CT molecular complexity index is 775. The fourth-order valence-electron chi connectivity index (χ4n) is 3.73. The minimum atomic E-state index is -0.0185. The summed E-state index contributed by atoms with van der Waals surface area (Å²) in [6, 6.07) is 12.3. The largest absolute Gasteiger partial charge is 0.349 e. The van der Waals surface area contributed by atoms with E-state index in [1.807, 2.05) is 29.3 Å². The van der Waals surface area contributed by atoms with E-state index in [0.717, 1.165) is 29.7 Å². The van der Waals surface area contributed by atoms with Gasteiger partial charge in [-0.3, -0.25) is 9.59 Å². The third-order valence-electron chi connectivity index (χ3n) is 5.37. The highest BCUT2D eigenvalue weighted by Gasteiger charge is 2.28. The Labute approximate surface area is 172 Å². The molecule has 1 aromatic heterocycles. The van der Waals surface area contributed by atoms with Gasteiger partial charge < -0.3 is 10.2 Å². The molecule has 28 heavy (non-hydrogen) atoms. The van der Waals surface area contributed by atoms with E-state index in [2.05, 4.69) is 43.4 Å². The fourth-order valence-corrected chi connectivity index (χ4v) is 4.42. The Balaban J connectivity index is 1.49. The fraction of sp³-hybridized carbons (Fsp3) is 0.478. The van der Waals surface area contributed by atoms with Crippen LogP contribution in [-0.2, 0) is 11.2 Å². The molecule has 3 rings (SSSR count). The Morgan fingerprint density at radius 1 is 1.11 bits per heavy atom. The van der Waals surface area contributed by atoms with Gasteiger partial charge in [0.1, 0.15) is 0 Å². The molecule has 2 aromatic rings. The van der Waals surface area contributed by atoms with Crippen molar-refractivity contribution in [3.05, 3.63) is 57.8 Å². The van der Waals surface area contributed by atoms with Gasteiger partial charge in [-0.1, -0.05) is 44.2 Å². The Hall–Kier alpha value is -2.14. The van der Waals surface area contributed by atoms with E-state index in [9.17, 15) is 9.59 Å². The number of likely N-dealkylation sites (tertiary alicyclic amines) is 1. The van der Waals surface area contributed by atoms with E-state index in [1.54, 1.807) is 0 Å². The van der Waals surface area contributed by atoms with Crippen molar-refractivity contribution >= 4 is 23.2 Å². The number of piperidine rings is 1. The van der Waals surface area contributed by atoms with Gasteiger partial charge in [0.25, 0.3) is 5.91 Å². The highest BCUT2D eigenvalue weighted by Crippen LogP contribution is 2.22. The molecule has 1 aromatic carbocycles. The second-order valence-electron chi connectivity index (χ2n) is 8.11. The van der Waals surface area contributed by atoms with Crippen molar-refractivity contribution in [3.8, 4) is 0 Å². The number of nitrogens with zero attached hydrogens (tertiary/aromatic N) is 1. The van der Waals surface area contributed by atoms with Crippen LogP contribution in [0.3, 0.4) is 0 Å². The van der Waals surface area contributed by atoms with Crippen LogP contribution in [0, 0.1) is 11.8 Å². The molecule has 2 amide bonds. The minimum Gasteiger partial charge on any atom is -0.349 e. The molecule has 1 saturated heterocycles. The molecule has 0 saturated carbocycles. The number of hydrogen-bond donors (Lipinski definition) is 1. The highest BCUT2D eigenvalue weighted by molar-refractivity contribution is 7.12. The van der Waals surface area contributed by atoms with Crippen molar-refractivity contribution in [1.82, 2.24) is 10.2 Å². The lowest BCUT2D eigenvalue weighted by Gasteiger charge is -2.31. The summed E-state index contributed by atoms with van der Waals surface area (Å²) >= 11 is 1.47. The zero-order valence-corrected chi connectivity index (χ0v) is 17.8. The first-order chi connectivity index (χ1) is 13.4. The molecule has 1 unspecified atom stereocenters. The summed E-state index contributed by atoms with van der Waals surface area (Å²) in [6.45, 7) is 7.76. The molecular weight excluding hydrogens is 368 g/mol. The maximum absolute atomic E-state index is 12.7. The van der Waals surface area contributed by atoms with Gasteiger partial charge >= 0.3 is 0 Å². The molecule has 1 aliphatic heterocycles. The zero-order chi connectivity index (χ0) is 20.1. The van der Waals surface area contributed by atoms with Gasteiger partial charge in [0.05, 0.1) is 10.9 Å². The predicted octanol–water partition coefficient (Wildman–Crippen LogP) is 4.68. The van der Waals surface area contributed by atoms with Gasteiger partial charge in [0, 0.05) is 19.0 Å². The number of benzene rings is 1. The number of hydrogen-bond acceptors (Lipinski definition) is 3. The lowest BCUT2D eigenvalue weighted by molar-refractivity contribution is -0.126. The summed E-state index contributed by atoms with van der Waals surface area (Å²) in [4.78, 5) is 27.8. The topological polar surface area (TPSA) is 49.4 Å². The molecule has 1 aliphatic rings. The van der Waals surface area contributed by atoms with Gasteiger partial charge in [0.15, 0.2) is 0 Å². The highest BCUT2D eigenvalue weighted by atomic mass is 32.1. The van der Waals surface area contributed by atoms with Crippen LogP contribution in [0.25, 0.3) is 0 Å². The maximum atomic E-state index is 12.7. The predicted molar refractivity (Wildman–Crippen MR) is 114 cm³/mol. The van der Waals surface area contributed by atoms with E-state index in [0.29, 0.717) is 19.0 Å². The van der Waals surface area contributed by atoms with Crippen molar-refractivity contribution in [2.24, 2.45) is 11.8 Å². The molecule has 1 N–H and O–H groups in total. The number of rotatable bonds is 6. The van der Waals surface area contributed by atoms with Crippen LogP contribution in [0.5, 0.6) is 0 Å². The summed E-state index contributed by atoms with van der Waals surface area (Å²) in [5.41, 5.74) is 2.46. The summed E-state index contributed by atoms with van der Waals surface area (Å²) in [7, 11) is 0. The third kappa shape index (κ3) is 5.22. The molecule has 0 bridgehead atoms. The average Bonchev–Trinajstić information content (AvgIpc) is 3.22. The van der Waals surface area contributed by atoms with Crippen LogP contribution >= 0.6 is 11.3 Å². The number of amides is 2. The van der Waals surface area contributed by atoms with Crippen molar-refractivity contribution in [2.45, 2.75) is 46.1 Å². The van der Waals surface area contributed by atoms with Gasteiger partial charge in [-0.2, -0.15) is 0 Å². The average molecular weight is 399 g/mol. The molecule has 0 spiro atoms. The lowest BCUT2D eigenvalue weighted by atomic mass is 9.94. The standard InChI is InChI=1S/C23H30N2O2S/c1-16(2)15-18-6-8-19(9-7-18)17(3)24-22(26)20-10-12-25(13-11-20)23(27)21-5-4-14-28-21/h4-9,14,16-17,20H,10-13,15H2,1-3H3,(H,24,26). The van der Waals surface area contributed by atoms with Crippen molar-refractivity contribution in [1.29, 1.82) is 0 Å². The zero-order valence-electron chi connectivity index (χ0n) is 17.0. The second-order valence-corrected chi connectivity index (χ2v) is 9.06. The summed E-state index contributed by atoms with van der Waals surface area (Å²) < 4.78 is 0. The molecular formula is C23H30N2O2S. The van der Waals surface area contributed by atoms with Crippen LogP contribution in [0.4, 0.5) is 0 Å². The molecule has 150 valence electrons. The van der Waals surface area contributed by atoms with E-state index >= 15 is 0 Å². The number of nitrogens with one attached hydrogen (secondary N) is 1. The first-order valence-electron chi connectivity index (χ1n) is 10.2. The van der Waals surface area contributed by atoms with Crippen molar-refractivity contribution < 1.29 is 9.59 Å². The van der Waals surface area contributed by atoms with Crippen LogP contribution in [0.15, 0.2) is 41.8 Å². The van der Waals surface area contributed by atoms with Crippen molar-refractivity contribution in [3.63, 3.8) is 0 Å². The van der Waals surface area contributed by atoms with Gasteiger partial charge in [-0.05, 0) is 54.7 Å². The van der Waals surface area contributed by atoms with E-state index in [1.165, 1.54) is 16.9 Å².